The Kier molecular flexibility index (Phi) is 15.0. The summed E-state index contributed by atoms with van der Waals surface area (Å²) in [6.45, 7) is 3.12. The van der Waals surface area contributed by atoms with E-state index in [9.17, 15) is 0 Å². The zero-order valence-corrected chi connectivity index (χ0v) is 17.2. The van der Waals surface area contributed by atoms with Gasteiger partial charge in [0.1, 0.15) is 5.75 Å². The van der Waals surface area contributed by atoms with Crippen LogP contribution >= 0.6 is 11.6 Å². The smallest absolute Gasteiger partial charge is 0.119 e. The highest BCUT2D eigenvalue weighted by Gasteiger charge is 1.96. The molecular weight excluding hydrogens is 328 g/mol. The molecule has 0 aliphatic rings. The molecule has 144 valence electrons. The van der Waals surface area contributed by atoms with Crippen LogP contribution in [0, 0.1) is 0 Å². The standard InChI is InChI=1S/C23H39ClO/c1-2-3-4-5-6-7-8-9-10-11-12-13-14-15-20-25-23-18-16-22(21-24)17-19-23/h16-19H,2-15,20-21H2,1H3. The quantitative estimate of drug-likeness (QED) is 0.199. The predicted molar refractivity (Wildman–Crippen MR) is 112 cm³/mol. The lowest BCUT2D eigenvalue weighted by Gasteiger charge is -2.07. The SMILES string of the molecule is CCCCCCCCCCCCCCCCOc1ccc(CCl)cc1. The topological polar surface area (TPSA) is 9.23 Å². The van der Waals surface area contributed by atoms with E-state index >= 15 is 0 Å². The fourth-order valence-corrected chi connectivity index (χ4v) is 3.34. The van der Waals surface area contributed by atoms with Gasteiger partial charge in [0.25, 0.3) is 0 Å². The van der Waals surface area contributed by atoms with Gasteiger partial charge < -0.3 is 4.74 Å². The number of hydrogen-bond acceptors (Lipinski definition) is 1. The lowest BCUT2D eigenvalue weighted by Crippen LogP contribution is -1.97. The number of rotatable bonds is 17. The average Bonchev–Trinajstić information content (AvgIpc) is 2.65. The molecule has 0 aliphatic heterocycles. The van der Waals surface area contributed by atoms with Crippen molar-refractivity contribution in [2.24, 2.45) is 0 Å². The van der Waals surface area contributed by atoms with Crippen LogP contribution < -0.4 is 4.74 Å². The lowest BCUT2D eigenvalue weighted by atomic mass is 10.0. The van der Waals surface area contributed by atoms with E-state index < -0.39 is 0 Å². The number of benzene rings is 1. The molecule has 25 heavy (non-hydrogen) atoms. The van der Waals surface area contributed by atoms with E-state index in [1.807, 2.05) is 24.3 Å². The molecule has 0 saturated heterocycles. The molecule has 0 aromatic heterocycles. The first-order valence-corrected chi connectivity index (χ1v) is 11.2. The maximum Gasteiger partial charge on any atom is 0.119 e. The molecule has 0 saturated carbocycles. The lowest BCUT2D eigenvalue weighted by molar-refractivity contribution is 0.304. The molecule has 1 aromatic carbocycles. The van der Waals surface area contributed by atoms with Gasteiger partial charge in [-0.25, -0.2) is 0 Å². The van der Waals surface area contributed by atoms with Crippen molar-refractivity contribution in [1.29, 1.82) is 0 Å². The minimum atomic E-state index is 0.569. The Bertz CT molecular complexity index is 388. The minimum absolute atomic E-state index is 0.569. The third kappa shape index (κ3) is 13.2. The summed E-state index contributed by atoms with van der Waals surface area (Å²) in [6, 6.07) is 8.10. The van der Waals surface area contributed by atoms with Crippen molar-refractivity contribution in [3.8, 4) is 5.75 Å². The van der Waals surface area contributed by atoms with Gasteiger partial charge in [0.2, 0.25) is 0 Å². The van der Waals surface area contributed by atoms with E-state index in [-0.39, 0.29) is 0 Å². The van der Waals surface area contributed by atoms with Gasteiger partial charge in [-0.2, -0.15) is 0 Å². The first-order valence-electron chi connectivity index (χ1n) is 10.6. The Labute approximate surface area is 161 Å². The molecule has 1 nitrogen and oxygen atoms in total. The second kappa shape index (κ2) is 16.8. The number of unbranched alkanes of at least 4 members (excludes halogenated alkanes) is 13. The minimum Gasteiger partial charge on any atom is -0.494 e. The summed E-state index contributed by atoms with van der Waals surface area (Å²) in [4.78, 5) is 0. The fourth-order valence-electron chi connectivity index (χ4n) is 3.16. The number of alkyl halides is 1. The Morgan fingerprint density at radius 2 is 1.08 bits per heavy atom. The van der Waals surface area contributed by atoms with Crippen LogP contribution in [-0.4, -0.2) is 6.61 Å². The third-order valence-electron chi connectivity index (χ3n) is 4.84. The molecule has 0 amide bonds. The summed E-state index contributed by atoms with van der Waals surface area (Å²) < 4.78 is 5.77. The van der Waals surface area contributed by atoms with Crippen LogP contribution in [0.25, 0.3) is 0 Å². The van der Waals surface area contributed by atoms with Gasteiger partial charge >= 0.3 is 0 Å². The second-order valence-electron chi connectivity index (χ2n) is 7.22. The highest BCUT2D eigenvalue weighted by Crippen LogP contribution is 2.15. The monoisotopic (exact) mass is 366 g/mol. The molecule has 1 rings (SSSR count). The fraction of sp³-hybridized carbons (Fsp3) is 0.739. The first-order chi connectivity index (χ1) is 12.4. The van der Waals surface area contributed by atoms with Crippen LogP contribution in [0.5, 0.6) is 5.75 Å². The molecule has 0 radical (unpaired) electrons. The van der Waals surface area contributed by atoms with E-state index in [2.05, 4.69) is 6.92 Å². The molecule has 0 fully saturated rings. The zero-order valence-electron chi connectivity index (χ0n) is 16.4. The normalized spacial score (nSPS) is 11.0. The Morgan fingerprint density at radius 1 is 0.640 bits per heavy atom. The van der Waals surface area contributed by atoms with E-state index in [1.165, 1.54) is 83.5 Å². The highest BCUT2D eigenvalue weighted by molar-refractivity contribution is 6.17. The molecule has 2 heteroatoms. The molecular formula is C23H39ClO. The highest BCUT2D eigenvalue weighted by atomic mass is 35.5. The van der Waals surface area contributed by atoms with Gasteiger partial charge in [-0.05, 0) is 24.1 Å². The maximum absolute atomic E-state index is 5.78. The average molecular weight is 367 g/mol. The van der Waals surface area contributed by atoms with Crippen molar-refractivity contribution in [3.63, 3.8) is 0 Å². The second-order valence-corrected chi connectivity index (χ2v) is 7.49. The van der Waals surface area contributed by atoms with E-state index in [1.54, 1.807) is 0 Å². The maximum atomic E-state index is 5.78. The van der Waals surface area contributed by atoms with Gasteiger partial charge in [0, 0.05) is 5.88 Å². The molecule has 0 unspecified atom stereocenters. The van der Waals surface area contributed by atoms with Crippen LogP contribution in [0.1, 0.15) is 102 Å². The van der Waals surface area contributed by atoms with Crippen molar-refractivity contribution in [2.45, 2.75) is 103 Å². The van der Waals surface area contributed by atoms with Crippen LogP contribution in [-0.2, 0) is 5.88 Å². The molecule has 0 spiro atoms. The number of halogens is 1. The van der Waals surface area contributed by atoms with Crippen LogP contribution in [0.2, 0.25) is 0 Å². The number of hydrogen-bond donors (Lipinski definition) is 0. The van der Waals surface area contributed by atoms with Gasteiger partial charge in [0.15, 0.2) is 0 Å². The first kappa shape index (κ1) is 22.4. The summed E-state index contributed by atoms with van der Waals surface area (Å²) in [6.07, 6.45) is 19.5. The Morgan fingerprint density at radius 3 is 1.52 bits per heavy atom. The van der Waals surface area contributed by atoms with Crippen molar-refractivity contribution in [2.75, 3.05) is 6.61 Å². The molecule has 0 N–H and O–H groups in total. The van der Waals surface area contributed by atoms with E-state index in [0.29, 0.717) is 5.88 Å². The van der Waals surface area contributed by atoms with Crippen molar-refractivity contribution in [3.05, 3.63) is 29.8 Å². The summed E-state index contributed by atoms with van der Waals surface area (Å²) in [5.74, 6) is 1.53. The summed E-state index contributed by atoms with van der Waals surface area (Å²) in [5, 5.41) is 0. The van der Waals surface area contributed by atoms with E-state index in [4.69, 9.17) is 16.3 Å². The van der Waals surface area contributed by atoms with Crippen LogP contribution in [0.15, 0.2) is 24.3 Å². The van der Waals surface area contributed by atoms with Crippen molar-refractivity contribution in [1.82, 2.24) is 0 Å². The molecule has 0 aliphatic carbocycles. The number of ether oxygens (including phenoxy) is 1. The van der Waals surface area contributed by atoms with Crippen LogP contribution in [0.4, 0.5) is 0 Å². The summed E-state index contributed by atoms with van der Waals surface area (Å²) >= 11 is 5.78. The Hall–Kier alpha value is -0.690. The molecule has 0 bridgehead atoms. The van der Waals surface area contributed by atoms with Crippen molar-refractivity contribution < 1.29 is 4.74 Å². The molecule has 0 heterocycles. The van der Waals surface area contributed by atoms with Gasteiger partial charge in [-0.15, -0.1) is 11.6 Å². The van der Waals surface area contributed by atoms with Gasteiger partial charge in [-0.3, -0.25) is 0 Å². The van der Waals surface area contributed by atoms with Gasteiger partial charge in [-0.1, -0.05) is 103 Å². The predicted octanol–water partition coefficient (Wildman–Crippen LogP) is 8.29. The zero-order chi connectivity index (χ0) is 18.0. The summed E-state index contributed by atoms with van der Waals surface area (Å²) in [5.41, 5.74) is 1.14. The Balaban J connectivity index is 1.78. The largest absolute Gasteiger partial charge is 0.494 e. The van der Waals surface area contributed by atoms with Gasteiger partial charge in [0.05, 0.1) is 6.61 Å². The molecule has 0 atom stereocenters. The van der Waals surface area contributed by atoms with Crippen molar-refractivity contribution >= 4 is 11.6 Å². The molecule has 1 aromatic rings. The summed E-state index contributed by atoms with van der Waals surface area (Å²) in [7, 11) is 0. The van der Waals surface area contributed by atoms with Crippen LogP contribution in [0.3, 0.4) is 0 Å². The third-order valence-corrected chi connectivity index (χ3v) is 5.15. The van der Waals surface area contributed by atoms with E-state index in [0.717, 1.165) is 24.3 Å².